The molecule has 0 fully saturated rings. The van der Waals surface area contributed by atoms with Crippen LogP contribution in [0.1, 0.15) is 25.0 Å². The van der Waals surface area contributed by atoms with Gasteiger partial charge in [-0.25, -0.2) is 0 Å². The van der Waals surface area contributed by atoms with E-state index in [1.54, 1.807) is 0 Å². The summed E-state index contributed by atoms with van der Waals surface area (Å²) in [4.78, 5) is 0. The molecule has 0 amide bonds. The van der Waals surface area contributed by atoms with Crippen molar-refractivity contribution in [3.05, 3.63) is 83.9 Å². The summed E-state index contributed by atoms with van der Waals surface area (Å²) in [6.45, 7) is 4.18. The third-order valence-electron chi connectivity index (χ3n) is 3.04. The van der Waals surface area contributed by atoms with Crippen molar-refractivity contribution < 1.29 is 0 Å². The van der Waals surface area contributed by atoms with E-state index in [0.717, 1.165) is 0 Å². The fourth-order valence-electron chi connectivity index (χ4n) is 2.19. The van der Waals surface area contributed by atoms with E-state index in [2.05, 4.69) is 86.7 Å². The van der Waals surface area contributed by atoms with Gasteiger partial charge >= 0.3 is 0 Å². The molecule has 0 aliphatic rings. The molecule has 0 unspecified atom stereocenters. The van der Waals surface area contributed by atoms with Crippen LogP contribution in [-0.4, -0.2) is 0 Å². The van der Waals surface area contributed by atoms with Gasteiger partial charge in [-0.1, -0.05) is 72.8 Å². The maximum Gasteiger partial charge on any atom is -0.0151 e. The van der Waals surface area contributed by atoms with Crippen molar-refractivity contribution in [3.63, 3.8) is 0 Å². The van der Waals surface area contributed by atoms with Crippen molar-refractivity contribution in [1.29, 1.82) is 0 Å². The van der Waals surface area contributed by atoms with Crippen LogP contribution in [0, 0.1) is 0 Å². The molecule has 18 heavy (non-hydrogen) atoms. The van der Waals surface area contributed by atoms with Crippen LogP contribution in [0.15, 0.2) is 72.8 Å². The Balaban J connectivity index is 2.45. The average molecular weight is 234 g/mol. The quantitative estimate of drug-likeness (QED) is 0.641. The van der Waals surface area contributed by atoms with E-state index in [1.807, 2.05) is 0 Å². The van der Waals surface area contributed by atoms with Crippen LogP contribution in [0.25, 0.3) is 11.1 Å². The van der Waals surface area contributed by atoms with Crippen molar-refractivity contribution in [2.24, 2.45) is 0 Å². The van der Waals surface area contributed by atoms with E-state index in [0.29, 0.717) is 0 Å². The summed E-state index contributed by atoms with van der Waals surface area (Å²) < 4.78 is 0. The topological polar surface area (TPSA) is 0 Å². The van der Waals surface area contributed by atoms with Crippen molar-refractivity contribution in [1.82, 2.24) is 0 Å². The Kier molecular flexibility index (Phi) is 4.14. The van der Waals surface area contributed by atoms with Crippen LogP contribution in [0.4, 0.5) is 0 Å². The van der Waals surface area contributed by atoms with Crippen LogP contribution >= 0.6 is 0 Å². The van der Waals surface area contributed by atoms with Crippen LogP contribution in [-0.2, 0) is 0 Å². The fourth-order valence-corrected chi connectivity index (χ4v) is 2.19. The van der Waals surface area contributed by atoms with E-state index in [1.165, 1.54) is 22.3 Å². The second kappa shape index (κ2) is 6.02. The van der Waals surface area contributed by atoms with E-state index < -0.39 is 0 Å². The van der Waals surface area contributed by atoms with Gasteiger partial charge in [0.15, 0.2) is 0 Å². The molecule has 2 aromatic rings. The number of rotatable bonds is 3. The third-order valence-corrected chi connectivity index (χ3v) is 3.04. The van der Waals surface area contributed by atoms with Crippen LogP contribution in [0.5, 0.6) is 0 Å². The molecule has 0 aliphatic carbocycles. The molecule has 0 spiro atoms. The molecule has 0 heteroatoms. The van der Waals surface area contributed by atoms with Gasteiger partial charge in [0.2, 0.25) is 0 Å². The van der Waals surface area contributed by atoms with Crippen molar-refractivity contribution in [2.45, 2.75) is 13.8 Å². The molecule has 0 saturated heterocycles. The van der Waals surface area contributed by atoms with E-state index in [9.17, 15) is 0 Å². The van der Waals surface area contributed by atoms with Crippen LogP contribution < -0.4 is 0 Å². The molecular weight excluding hydrogens is 216 g/mol. The van der Waals surface area contributed by atoms with Gasteiger partial charge in [0, 0.05) is 0 Å². The van der Waals surface area contributed by atoms with E-state index in [-0.39, 0.29) is 0 Å². The lowest BCUT2D eigenvalue weighted by molar-refractivity contribution is 1.55. The third kappa shape index (κ3) is 2.60. The first-order valence-corrected chi connectivity index (χ1v) is 6.30. The molecule has 0 bridgehead atoms. The van der Waals surface area contributed by atoms with E-state index >= 15 is 0 Å². The molecule has 0 nitrogen and oxygen atoms in total. The Morgan fingerprint density at radius 2 is 0.944 bits per heavy atom. The predicted molar refractivity (Wildman–Crippen MR) is 80.2 cm³/mol. The van der Waals surface area contributed by atoms with Crippen molar-refractivity contribution >= 4 is 11.1 Å². The Morgan fingerprint density at radius 3 is 1.22 bits per heavy atom. The smallest absolute Gasteiger partial charge is 0.0151 e. The van der Waals surface area contributed by atoms with Gasteiger partial charge in [-0.05, 0) is 36.1 Å². The lowest BCUT2D eigenvalue weighted by Crippen LogP contribution is -1.90. The van der Waals surface area contributed by atoms with Crippen molar-refractivity contribution in [3.8, 4) is 0 Å². The first-order valence-electron chi connectivity index (χ1n) is 6.30. The second-order valence-corrected chi connectivity index (χ2v) is 4.14. The van der Waals surface area contributed by atoms with Gasteiger partial charge in [-0.3, -0.25) is 0 Å². The highest BCUT2D eigenvalue weighted by molar-refractivity contribution is 6.04. The molecule has 0 radical (unpaired) electrons. The van der Waals surface area contributed by atoms with Crippen molar-refractivity contribution in [2.75, 3.05) is 0 Å². The van der Waals surface area contributed by atoms with Gasteiger partial charge in [0.1, 0.15) is 0 Å². The minimum absolute atomic E-state index is 1.26. The number of allylic oxidation sites excluding steroid dienone is 4. The van der Waals surface area contributed by atoms with Gasteiger partial charge in [-0.15, -0.1) is 0 Å². The summed E-state index contributed by atoms with van der Waals surface area (Å²) in [5.74, 6) is 0. The number of hydrogen-bond acceptors (Lipinski definition) is 0. The molecule has 0 aromatic heterocycles. The first kappa shape index (κ1) is 12.4. The largest absolute Gasteiger partial charge is 0.0792 e. The molecule has 0 heterocycles. The summed E-state index contributed by atoms with van der Waals surface area (Å²) in [6, 6.07) is 21.0. The zero-order chi connectivity index (χ0) is 12.8. The molecule has 2 aromatic carbocycles. The molecule has 0 atom stereocenters. The molecule has 0 saturated carbocycles. The Bertz CT molecular complexity index is 492. The maximum absolute atomic E-state index is 2.18. The van der Waals surface area contributed by atoms with Gasteiger partial charge in [0.25, 0.3) is 0 Å². The summed E-state index contributed by atoms with van der Waals surface area (Å²) in [5.41, 5.74) is 5.09. The van der Waals surface area contributed by atoms with Gasteiger partial charge in [0.05, 0.1) is 0 Å². The molecule has 90 valence electrons. The highest BCUT2D eigenvalue weighted by Gasteiger charge is 2.07. The molecule has 2 rings (SSSR count). The first-order chi connectivity index (χ1) is 8.86. The zero-order valence-corrected chi connectivity index (χ0v) is 10.9. The minimum Gasteiger partial charge on any atom is -0.0792 e. The summed E-state index contributed by atoms with van der Waals surface area (Å²) in [6.07, 6.45) is 4.36. The SMILES string of the molecule is CC=C(C(=CC)c1ccccc1)c1ccccc1. The summed E-state index contributed by atoms with van der Waals surface area (Å²) in [5, 5.41) is 0. The monoisotopic (exact) mass is 234 g/mol. The van der Waals surface area contributed by atoms with Gasteiger partial charge < -0.3 is 0 Å². The Hall–Kier alpha value is -2.08. The lowest BCUT2D eigenvalue weighted by atomic mass is 9.92. The zero-order valence-electron chi connectivity index (χ0n) is 10.9. The standard InChI is InChI=1S/C18H18/c1-3-17(15-11-7-5-8-12-15)18(4-2)16-13-9-6-10-14-16/h3-14H,1-2H3. The Labute approximate surface area is 109 Å². The predicted octanol–water partition coefficient (Wildman–Crippen LogP) is 5.19. The van der Waals surface area contributed by atoms with Gasteiger partial charge in [-0.2, -0.15) is 0 Å². The fraction of sp³-hybridized carbons (Fsp3) is 0.111. The Morgan fingerprint density at radius 1 is 0.611 bits per heavy atom. The van der Waals surface area contributed by atoms with Crippen LogP contribution in [0.3, 0.4) is 0 Å². The summed E-state index contributed by atoms with van der Waals surface area (Å²) >= 11 is 0. The second-order valence-electron chi connectivity index (χ2n) is 4.14. The van der Waals surface area contributed by atoms with Crippen LogP contribution in [0.2, 0.25) is 0 Å². The minimum atomic E-state index is 1.26. The normalized spacial score (nSPS) is 12.6. The maximum atomic E-state index is 2.18. The molecule has 0 N–H and O–H groups in total. The lowest BCUT2D eigenvalue weighted by Gasteiger charge is -2.12. The average Bonchev–Trinajstić information content (AvgIpc) is 2.46. The highest BCUT2D eigenvalue weighted by Crippen LogP contribution is 2.30. The number of benzene rings is 2. The van der Waals surface area contributed by atoms with E-state index in [4.69, 9.17) is 0 Å². The molecular formula is C18H18. The highest BCUT2D eigenvalue weighted by atomic mass is 14.1. The molecule has 0 aliphatic heterocycles. The summed E-state index contributed by atoms with van der Waals surface area (Å²) in [7, 11) is 0. The number of hydrogen-bond donors (Lipinski definition) is 0.